The van der Waals surface area contributed by atoms with Gasteiger partial charge < -0.3 is 0 Å². The lowest BCUT2D eigenvalue weighted by Gasteiger charge is -2.68. The average molecular weight is 303 g/mol. The van der Waals surface area contributed by atoms with Crippen LogP contribution in [0.25, 0.3) is 0 Å². The van der Waals surface area contributed by atoms with E-state index in [0.717, 1.165) is 11.8 Å². The lowest BCUT2D eigenvalue weighted by molar-refractivity contribution is -0.155. The highest BCUT2D eigenvalue weighted by atomic mass is 15.3. The zero-order valence-electron chi connectivity index (χ0n) is 14.4. The van der Waals surface area contributed by atoms with Gasteiger partial charge in [0.15, 0.2) is 0 Å². The predicted molar refractivity (Wildman–Crippen MR) is 91.0 cm³/mol. The molecule has 0 unspecified atom stereocenters. The number of likely N-dealkylation sites (tertiary alicyclic amines) is 2. The van der Waals surface area contributed by atoms with Crippen molar-refractivity contribution in [1.82, 2.24) is 9.80 Å². The normalized spacial score (nSPS) is 49.6. The molecule has 4 aliphatic carbocycles. The van der Waals surface area contributed by atoms with Gasteiger partial charge in [-0.15, -0.1) is 0 Å². The highest BCUT2D eigenvalue weighted by Gasteiger charge is 2.61. The Morgan fingerprint density at radius 3 is 1.36 bits per heavy atom. The van der Waals surface area contributed by atoms with Crippen LogP contribution >= 0.6 is 0 Å². The number of rotatable bonds is 2. The van der Waals surface area contributed by atoms with Crippen LogP contribution in [0.2, 0.25) is 0 Å². The number of piperidine rings is 2. The third kappa shape index (κ3) is 2.13. The van der Waals surface area contributed by atoms with Gasteiger partial charge in [0.25, 0.3) is 0 Å². The van der Waals surface area contributed by atoms with Crippen molar-refractivity contribution in [3.05, 3.63) is 0 Å². The Balaban J connectivity index is 1.45. The molecular formula is C20H34N2. The molecule has 0 amide bonds. The quantitative estimate of drug-likeness (QED) is 0.759. The molecule has 2 aliphatic heterocycles. The van der Waals surface area contributed by atoms with E-state index in [4.69, 9.17) is 0 Å². The fraction of sp³-hybridized carbons (Fsp3) is 1.00. The van der Waals surface area contributed by atoms with Crippen molar-refractivity contribution in [3.63, 3.8) is 0 Å². The molecule has 0 atom stereocenters. The maximum absolute atomic E-state index is 2.99. The first kappa shape index (κ1) is 14.3. The summed E-state index contributed by atoms with van der Waals surface area (Å²) in [5, 5.41) is 0. The summed E-state index contributed by atoms with van der Waals surface area (Å²) in [6.07, 6.45) is 18.2. The average Bonchev–Trinajstić information content (AvgIpc) is 2.55. The first-order valence-corrected chi connectivity index (χ1v) is 10.3. The molecule has 4 bridgehead atoms. The van der Waals surface area contributed by atoms with Crippen LogP contribution in [0.4, 0.5) is 0 Å². The Morgan fingerprint density at radius 1 is 0.545 bits per heavy atom. The zero-order valence-corrected chi connectivity index (χ0v) is 14.4. The Labute approximate surface area is 136 Å². The Hall–Kier alpha value is -0.0800. The molecule has 0 aromatic rings. The van der Waals surface area contributed by atoms with Crippen LogP contribution in [0.5, 0.6) is 0 Å². The molecule has 22 heavy (non-hydrogen) atoms. The van der Waals surface area contributed by atoms with Crippen molar-refractivity contribution in [2.45, 2.75) is 88.1 Å². The van der Waals surface area contributed by atoms with Crippen LogP contribution in [0.15, 0.2) is 0 Å². The van der Waals surface area contributed by atoms with Crippen LogP contribution in [0.1, 0.15) is 77.0 Å². The van der Waals surface area contributed by atoms with Gasteiger partial charge in [0.1, 0.15) is 0 Å². The molecule has 2 nitrogen and oxygen atoms in total. The van der Waals surface area contributed by atoms with E-state index in [1.165, 1.54) is 71.1 Å². The zero-order chi connectivity index (χ0) is 14.6. The first-order chi connectivity index (χ1) is 10.8. The minimum absolute atomic E-state index is 0.627. The molecule has 2 heteroatoms. The number of hydrogen-bond acceptors (Lipinski definition) is 2. The van der Waals surface area contributed by atoms with Crippen LogP contribution in [0.3, 0.4) is 0 Å². The van der Waals surface area contributed by atoms with Gasteiger partial charge >= 0.3 is 0 Å². The van der Waals surface area contributed by atoms with Crippen molar-refractivity contribution in [3.8, 4) is 0 Å². The summed E-state index contributed by atoms with van der Waals surface area (Å²) in [7, 11) is 0. The SMILES string of the molecule is C1CCN(C23CC4CC(C2)CC(N2CCCCC2)(C4)C3)CC1. The number of nitrogens with zero attached hydrogens (tertiary/aromatic N) is 2. The minimum atomic E-state index is 0.627. The fourth-order valence-corrected chi connectivity index (χ4v) is 7.64. The molecule has 124 valence electrons. The second-order valence-corrected chi connectivity index (χ2v) is 9.51. The van der Waals surface area contributed by atoms with Crippen molar-refractivity contribution in [2.24, 2.45) is 11.8 Å². The van der Waals surface area contributed by atoms with Gasteiger partial charge in [-0.2, -0.15) is 0 Å². The maximum Gasteiger partial charge on any atom is 0.0232 e. The standard InChI is InChI=1S/C20H34N2/c1-3-7-21(8-4-1)19-12-17-11-18(13-19)15-20(14-17,16-19)22-9-5-2-6-10-22/h17-18H,1-16H2. The molecule has 0 aromatic carbocycles. The summed E-state index contributed by atoms with van der Waals surface area (Å²) in [5.41, 5.74) is 1.25. The van der Waals surface area contributed by atoms with E-state index in [9.17, 15) is 0 Å². The molecule has 6 rings (SSSR count). The summed E-state index contributed by atoms with van der Waals surface area (Å²) in [6, 6.07) is 0. The smallest absolute Gasteiger partial charge is 0.0232 e. The second kappa shape index (κ2) is 5.21. The van der Waals surface area contributed by atoms with E-state index in [-0.39, 0.29) is 0 Å². The van der Waals surface area contributed by atoms with Gasteiger partial charge in [-0.1, -0.05) is 12.8 Å². The van der Waals surface area contributed by atoms with Gasteiger partial charge in [-0.25, -0.2) is 0 Å². The van der Waals surface area contributed by atoms with Crippen LogP contribution < -0.4 is 0 Å². The van der Waals surface area contributed by atoms with Crippen LogP contribution in [-0.4, -0.2) is 47.1 Å². The summed E-state index contributed by atoms with van der Waals surface area (Å²) < 4.78 is 0. The van der Waals surface area contributed by atoms with E-state index in [1.54, 1.807) is 32.1 Å². The Bertz CT molecular complexity index is 369. The summed E-state index contributed by atoms with van der Waals surface area (Å²) >= 11 is 0. The van der Waals surface area contributed by atoms with Crippen molar-refractivity contribution < 1.29 is 0 Å². The van der Waals surface area contributed by atoms with Gasteiger partial charge in [0.05, 0.1) is 0 Å². The molecule has 6 fully saturated rings. The third-order valence-electron chi connectivity index (χ3n) is 8.05. The van der Waals surface area contributed by atoms with E-state index < -0.39 is 0 Å². The topological polar surface area (TPSA) is 6.48 Å². The monoisotopic (exact) mass is 302 g/mol. The van der Waals surface area contributed by atoms with Crippen molar-refractivity contribution in [1.29, 1.82) is 0 Å². The van der Waals surface area contributed by atoms with Crippen LogP contribution in [-0.2, 0) is 0 Å². The fourth-order valence-electron chi connectivity index (χ4n) is 7.64. The lowest BCUT2D eigenvalue weighted by Crippen LogP contribution is -2.70. The summed E-state index contributed by atoms with van der Waals surface area (Å²) in [6.45, 7) is 5.65. The van der Waals surface area contributed by atoms with Gasteiger partial charge in [0.2, 0.25) is 0 Å². The van der Waals surface area contributed by atoms with Crippen molar-refractivity contribution in [2.75, 3.05) is 26.2 Å². The molecule has 2 heterocycles. The largest absolute Gasteiger partial charge is 0.298 e. The molecule has 0 N–H and O–H groups in total. The van der Waals surface area contributed by atoms with Gasteiger partial charge in [-0.05, 0) is 102 Å². The highest BCUT2D eigenvalue weighted by Crippen LogP contribution is 2.61. The van der Waals surface area contributed by atoms with Crippen molar-refractivity contribution >= 4 is 0 Å². The highest BCUT2D eigenvalue weighted by molar-refractivity contribution is 5.17. The lowest BCUT2D eigenvalue weighted by atomic mass is 9.48. The van der Waals surface area contributed by atoms with Gasteiger partial charge in [-0.3, -0.25) is 9.80 Å². The molecule has 0 spiro atoms. The van der Waals surface area contributed by atoms with E-state index >= 15 is 0 Å². The van der Waals surface area contributed by atoms with Gasteiger partial charge in [0, 0.05) is 11.1 Å². The third-order valence-corrected chi connectivity index (χ3v) is 8.05. The Kier molecular flexibility index (Phi) is 3.38. The number of hydrogen-bond donors (Lipinski definition) is 0. The first-order valence-electron chi connectivity index (χ1n) is 10.3. The molecule has 2 saturated heterocycles. The maximum atomic E-state index is 2.99. The van der Waals surface area contributed by atoms with Crippen LogP contribution in [0, 0.1) is 11.8 Å². The Morgan fingerprint density at radius 2 is 0.955 bits per heavy atom. The predicted octanol–water partition coefficient (Wildman–Crippen LogP) is 4.05. The van der Waals surface area contributed by atoms with E-state index in [1.807, 2.05) is 0 Å². The minimum Gasteiger partial charge on any atom is -0.298 e. The molecule has 4 saturated carbocycles. The molecule has 0 aromatic heterocycles. The molecular weight excluding hydrogens is 268 g/mol. The summed E-state index contributed by atoms with van der Waals surface area (Å²) in [4.78, 5) is 5.99. The second-order valence-electron chi connectivity index (χ2n) is 9.51. The molecule has 6 aliphatic rings. The summed E-state index contributed by atoms with van der Waals surface area (Å²) in [5.74, 6) is 2.12. The van der Waals surface area contributed by atoms with E-state index in [2.05, 4.69) is 9.80 Å². The van der Waals surface area contributed by atoms with E-state index in [0.29, 0.717) is 11.1 Å². The molecule has 0 radical (unpaired) electrons.